The summed E-state index contributed by atoms with van der Waals surface area (Å²) in [6.07, 6.45) is -24.7. The van der Waals surface area contributed by atoms with Crippen LogP contribution in [0.5, 0.6) is 0 Å². The Kier molecular flexibility index (Phi) is 45.3. The second-order valence-corrected chi connectivity index (χ2v) is 24.2. The molecule has 4 unspecified atom stereocenters. The minimum atomic E-state index is -1.64. The molecule has 2 amide bonds. The molecule has 0 aromatic heterocycles. The van der Waals surface area contributed by atoms with Crippen molar-refractivity contribution in [2.75, 3.05) is 138 Å². The average molecular weight is 1560 g/mol. The molecule has 567 valence electrons. The van der Waals surface area contributed by atoms with Crippen LogP contribution in [0.2, 0.25) is 0 Å². The van der Waals surface area contributed by atoms with Crippen molar-refractivity contribution in [3.63, 3.8) is 0 Å². The van der Waals surface area contributed by atoms with Gasteiger partial charge in [0.15, 0.2) is 25.2 Å². The molecule has 4 fully saturated rings. The number of carbonyl (C=O) groups excluding carboxylic acids is 2. The van der Waals surface area contributed by atoms with Crippen molar-refractivity contribution < 1.29 is 204 Å². The van der Waals surface area contributed by atoms with Gasteiger partial charge in [0.25, 0.3) is 0 Å². The summed E-state index contributed by atoms with van der Waals surface area (Å²) in [7, 11) is 0. The summed E-state index contributed by atoms with van der Waals surface area (Å²) in [5.41, 5.74) is 0. The van der Waals surface area contributed by atoms with E-state index < -0.39 is 212 Å². The number of aliphatic hydroxyl groups excluding tert-OH is 16. The van der Waals surface area contributed by atoms with Gasteiger partial charge in [-0.15, -0.1) is 0 Å². The van der Waals surface area contributed by atoms with Crippen LogP contribution in [0, 0.1) is 39.9 Å². The second kappa shape index (κ2) is 48.5. The molecule has 20 atom stereocenters. The first-order valence-electron chi connectivity index (χ1n) is 32.3. The molecule has 4 aliphatic rings. The van der Waals surface area contributed by atoms with E-state index >= 15 is 0 Å². The fourth-order valence-corrected chi connectivity index (χ4v) is 11.1. The van der Waals surface area contributed by atoms with Crippen LogP contribution in [0.25, 0.3) is 0 Å². The number of hydrogen-bond donors (Lipinski definition) is 19. The summed E-state index contributed by atoms with van der Waals surface area (Å²) < 4.78 is 43.9. The predicted molar refractivity (Wildman–Crippen MR) is 320 cm³/mol. The van der Waals surface area contributed by atoms with Gasteiger partial charge in [0.05, 0.1) is 59.2 Å². The number of hydrogen-bond acceptors (Lipinski definition) is 32. The van der Waals surface area contributed by atoms with Crippen LogP contribution in [0.15, 0.2) is 0 Å². The normalized spacial score (nSPS) is 30.6. The van der Waals surface area contributed by atoms with E-state index in [1.807, 2.05) is 0 Å². The average Bonchev–Trinajstić information content (AvgIpc) is 0.909. The third-order valence-corrected chi connectivity index (χ3v) is 16.8. The first kappa shape index (κ1) is 90.6. The number of rotatable bonds is 48. The van der Waals surface area contributed by atoms with Crippen LogP contribution in [0.1, 0.15) is 77.0 Å². The summed E-state index contributed by atoms with van der Waals surface area (Å²) in [4.78, 5) is 72.1. The number of ether oxygens (including phenoxy) is 8. The molecule has 19 N–H and O–H groups in total. The van der Waals surface area contributed by atoms with E-state index in [0.717, 1.165) is 0 Å². The number of carboxylic acids is 3. The number of unbranched alkanes of at least 4 members (excludes halogenated alkanes) is 8. The summed E-state index contributed by atoms with van der Waals surface area (Å²) >= 11 is 0. The Bertz CT molecular complexity index is 1960. The van der Waals surface area contributed by atoms with Gasteiger partial charge in [0.2, 0.25) is 11.8 Å². The Morgan fingerprint density at radius 1 is 0.289 bits per heavy atom. The van der Waals surface area contributed by atoms with Crippen LogP contribution >= 0.6 is 0 Å². The van der Waals surface area contributed by atoms with Gasteiger partial charge < -0.3 is 150 Å². The van der Waals surface area contributed by atoms with Gasteiger partial charge in [0.1, 0.15) is 97.7 Å². The third kappa shape index (κ3) is 30.8. The molecular weight excluding hydrogens is 1450 g/mol. The number of amides is 2. The smallest absolute Gasteiger partial charge is 2.00 e. The Hall–Kier alpha value is -2.45. The van der Waals surface area contributed by atoms with Crippen molar-refractivity contribution in [1.29, 1.82) is 0 Å². The van der Waals surface area contributed by atoms with E-state index in [4.69, 9.17) is 37.9 Å². The van der Waals surface area contributed by atoms with Gasteiger partial charge in [-0.05, 0) is 77.0 Å². The largest absolute Gasteiger partial charge is 3.00 e. The van der Waals surface area contributed by atoms with Crippen molar-refractivity contribution in [3.05, 3.63) is 0 Å². The molecule has 0 aromatic rings. The maximum atomic E-state index is 14.2. The molecule has 0 spiro atoms. The number of aliphatic hydroxyl groups is 16. The van der Waals surface area contributed by atoms with Gasteiger partial charge in [0, 0.05) is 78.8 Å². The van der Waals surface area contributed by atoms with Crippen molar-refractivity contribution in [2.24, 2.45) is 0 Å². The molecule has 4 aliphatic heterocycles. The van der Waals surface area contributed by atoms with E-state index in [0.29, 0.717) is 77.0 Å². The third-order valence-electron chi connectivity index (χ3n) is 16.8. The van der Waals surface area contributed by atoms with Crippen LogP contribution in [0.4, 0.5) is 0 Å². The maximum Gasteiger partial charge on any atom is 3.00 e. The molecular formula is C58H105GdN5O33+. The Labute approximate surface area is 593 Å². The Morgan fingerprint density at radius 2 is 0.505 bits per heavy atom. The fourth-order valence-electron chi connectivity index (χ4n) is 11.1. The number of carbonyl (C=O) groups is 5. The SMILES string of the molecule is O=C(O)CN(CCN(CC(=O)O)CC(=O)N(CCCCCOC1O[C@@H](CO)[C@@H](O)[C@H](O)[C@@H]1O)CCCCCOC1O[C@@H](CO)[C@@H](O)[C@H](O)[C@@H]1O)CCN(CC(=O)O)CC(=O)N(CCCCCOC1O[C@H](CO)[C@H](O)[C@@H](O)[C@H]1O)CCCCCOC1O[C@H](CO)[C@H](O)[C@@H](O)[C@H]1O.[Gd+3].[O-2]. The first-order chi connectivity index (χ1) is 45.3. The molecule has 4 saturated heterocycles. The maximum absolute atomic E-state index is 14.2. The summed E-state index contributed by atoms with van der Waals surface area (Å²) in [6, 6.07) is 0. The molecule has 97 heavy (non-hydrogen) atoms. The molecule has 4 heterocycles. The van der Waals surface area contributed by atoms with Crippen molar-refractivity contribution in [1.82, 2.24) is 24.5 Å². The van der Waals surface area contributed by atoms with Crippen LogP contribution in [-0.2, 0) is 67.3 Å². The van der Waals surface area contributed by atoms with Crippen molar-refractivity contribution in [3.8, 4) is 0 Å². The van der Waals surface area contributed by atoms with Gasteiger partial charge >= 0.3 is 57.8 Å². The molecule has 39 heteroatoms. The molecule has 0 aliphatic carbocycles. The molecule has 38 nitrogen and oxygen atoms in total. The molecule has 1 radical (unpaired) electrons. The number of aliphatic carboxylic acids is 3. The van der Waals surface area contributed by atoms with Gasteiger partial charge in [-0.25, -0.2) is 0 Å². The zero-order chi connectivity index (χ0) is 70.3. The topological polar surface area (TPSA) is 588 Å². The monoisotopic (exact) mass is 1560 g/mol. The minimum absolute atomic E-state index is 0. The molecule has 0 bridgehead atoms. The Morgan fingerprint density at radius 3 is 0.722 bits per heavy atom. The number of carboxylic acid groups (broad SMARTS) is 3. The zero-order valence-corrected chi connectivity index (χ0v) is 56.5. The van der Waals surface area contributed by atoms with Gasteiger partial charge in [-0.2, -0.15) is 0 Å². The quantitative estimate of drug-likeness (QED) is 0.0252. The summed E-state index contributed by atoms with van der Waals surface area (Å²) in [6.45, 7) is -5.36. The van der Waals surface area contributed by atoms with E-state index in [1.54, 1.807) is 0 Å². The minimum Gasteiger partial charge on any atom is -2.00 e. The van der Waals surface area contributed by atoms with Gasteiger partial charge in [-0.3, -0.25) is 38.7 Å². The van der Waals surface area contributed by atoms with E-state index in [1.165, 1.54) is 24.5 Å². The van der Waals surface area contributed by atoms with Crippen LogP contribution < -0.4 is 0 Å². The fraction of sp³-hybridized carbons (Fsp3) is 0.914. The Balaban J connectivity index is 0.0000160. The molecule has 0 saturated carbocycles. The van der Waals surface area contributed by atoms with Crippen molar-refractivity contribution >= 4 is 29.7 Å². The summed E-state index contributed by atoms with van der Waals surface area (Å²) in [5, 5.41) is 190. The second-order valence-electron chi connectivity index (χ2n) is 24.2. The van der Waals surface area contributed by atoms with Gasteiger partial charge in [-0.1, -0.05) is 0 Å². The van der Waals surface area contributed by atoms with Crippen LogP contribution in [-0.4, -0.2) is 412 Å². The zero-order valence-electron chi connectivity index (χ0n) is 54.2. The van der Waals surface area contributed by atoms with E-state index in [2.05, 4.69) is 0 Å². The van der Waals surface area contributed by atoms with E-state index in [-0.39, 0.29) is 124 Å². The number of nitrogens with zero attached hydrogens (tertiary/aromatic N) is 5. The summed E-state index contributed by atoms with van der Waals surface area (Å²) in [5.74, 6) is -4.91. The molecule has 4 rings (SSSR count). The first-order valence-corrected chi connectivity index (χ1v) is 32.3. The standard InChI is InChI=1S/C58H105N5O32.Gd.O/c64-30-34-43(76)47(80)51(84)55(92-34)88-21-9-1-5-13-62(14-6-2-10-22-89-56-52(85)48(81)44(77)35(31-65)93-56)38(68)25-60(28-41(72)73)19-17-59(27-40(70)71)18-20-61(29-42(74)75)26-39(69)63(15-7-3-11-23-90-57-53(86)49(82)45(78)36(32-66)94-57)16-8-4-12-24-91-58-54(87)50(83)46(79)37(33-67)95-58;;/h34-37,43-58,64-67,76-87H,1-33H2,(H,70,71)(H,72,73)(H,74,75);;/q;+3;-2/t34-,35-,36+,37+,43+,44+,45-,46-,47-,48-,49+,50+,51-,52-,53+,54+,55?,56?,57?,58?;;. The molecule has 0 aromatic carbocycles. The van der Waals surface area contributed by atoms with E-state index in [9.17, 15) is 121 Å². The van der Waals surface area contributed by atoms with Crippen molar-refractivity contribution in [2.45, 2.75) is 200 Å². The van der Waals surface area contributed by atoms with Crippen LogP contribution in [0.3, 0.4) is 0 Å². The predicted octanol–water partition coefficient (Wildman–Crippen LogP) is -9.37.